The maximum absolute atomic E-state index is 10.5. The summed E-state index contributed by atoms with van der Waals surface area (Å²) in [5, 5.41) is 9.78. The zero-order chi connectivity index (χ0) is 15.5. The van der Waals surface area contributed by atoms with E-state index in [-0.39, 0.29) is 12.7 Å². The van der Waals surface area contributed by atoms with Gasteiger partial charge in [-0.05, 0) is 36.8 Å². The lowest BCUT2D eigenvalue weighted by molar-refractivity contribution is -0.143. The Morgan fingerprint density at radius 3 is 3.09 bits per heavy atom. The van der Waals surface area contributed by atoms with E-state index < -0.39 is 5.97 Å². The average Bonchev–Trinajstić information content (AvgIpc) is 2.87. The normalized spacial score (nSPS) is 17.5. The largest absolute Gasteiger partial charge is 0.480 e. The van der Waals surface area contributed by atoms with Crippen molar-refractivity contribution in [1.82, 2.24) is 4.98 Å². The minimum atomic E-state index is -0.979. The lowest BCUT2D eigenvalue weighted by atomic mass is 10.1. The van der Waals surface area contributed by atoms with E-state index in [0.29, 0.717) is 22.4 Å². The van der Waals surface area contributed by atoms with Crippen molar-refractivity contribution in [3.63, 3.8) is 0 Å². The molecule has 1 atom stereocenters. The fraction of sp³-hybridized carbons (Fsp3) is 0.200. The molecule has 1 aromatic carbocycles. The molecule has 2 aromatic rings. The zero-order valence-electron chi connectivity index (χ0n) is 11.4. The van der Waals surface area contributed by atoms with E-state index in [1.807, 2.05) is 18.2 Å². The predicted molar refractivity (Wildman–Crippen MR) is 84.5 cm³/mol. The molecule has 1 aliphatic carbocycles. The first kappa shape index (κ1) is 15.0. The molecular formula is C15H12ClNO4S. The molecule has 1 aliphatic rings. The van der Waals surface area contributed by atoms with E-state index in [0.717, 1.165) is 10.2 Å². The molecular weight excluding hydrogens is 326 g/mol. The van der Waals surface area contributed by atoms with Crippen LogP contribution in [0.15, 0.2) is 42.2 Å². The van der Waals surface area contributed by atoms with Gasteiger partial charge >= 0.3 is 5.97 Å². The maximum Gasteiger partial charge on any atom is 0.329 e. The molecule has 0 aliphatic heterocycles. The fourth-order valence-corrected chi connectivity index (χ4v) is 3.09. The van der Waals surface area contributed by atoms with Crippen LogP contribution < -0.4 is 4.74 Å². The first-order chi connectivity index (χ1) is 10.6. The lowest BCUT2D eigenvalue weighted by Crippen LogP contribution is -2.17. The molecule has 0 spiro atoms. The number of carboxylic acids is 1. The highest BCUT2D eigenvalue weighted by Gasteiger charge is 2.13. The summed E-state index contributed by atoms with van der Waals surface area (Å²) in [4.78, 5) is 14.8. The lowest BCUT2D eigenvalue weighted by Gasteiger charge is -2.15. The Bertz CT molecular complexity index is 768. The quantitative estimate of drug-likeness (QED) is 0.902. The first-order valence-corrected chi connectivity index (χ1v) is 7.75. The highest BCUT2D eigenvalue weighted by Crippen LogP contribution is 2.31. The number of aromatic nitrogens is 1. The molecule has 7 heteroatoms. The van der Waals surface area contributed by atoms with E-state index in [1.54, 1.807) is 18.2 Å². The number of ether oxygens (including phenoxy) is 2. The van der Waals surface area contributed by atoms with Crippen molar-refractivity contribution in [2.75, 3.05) is 6.61 Å². The molecule has 0 amide bonds. The average molecular weight is 338 g/mol. The van der Waals surface area contributed by atoms with Gasteiger partial charge in [0, 0.05) is 5.02 Å². The van der Waals surface area contributed by atoms with Gasteiger partial charge in [-0.3, -0.25) is 0 Å². The summed E-state index contributed by atoms with van der Waals surface area (Å²) >= 11 is 7.37. The van der Waals surface area contributed by atoms with Crippen LogP contribution in [0.4, 0.5) is 0 Å². The Balaban J connectivity index is 1.63. The van der Waals surface area contributed by atoms with Gasteiger partial charge in [0.2, 0.25) is 0 Å². The third-order valence-corrected chi connectivity index (χ3v) is 4.11. The molecule has 0 saturated carbocycles. The van der Waals surface area contributed by atoms with Crippen LogP contribution in [0.2, 0.25) is 5.02 Å². The summed E-state index contributed by atoms with van der Waals surface area (Å²) in [6.07, 6.45) is 5.72. The van der Waals surface area contributed by atoms with E-state index in [4.69, 9.17) is 26.2 Å². The molecule has 0 bridgehead atoms. The number of aliphatic carboxylic acids is 1. The highest BCUT2D eigenvalue weighted by atomic mass is 35.5. The van der Waals surface area contributed by atoms with Crippen LogP contribution in [-0.4, -0.2) is 28.8 Å². The number of halogens is 1. The van der Waals surface area contributed by atoms with Crippen molar-refractivity contribution in [3.05, 3.63) is 47.2 Å². The molecule has 0 saturated heterocycles. The van der Waals surface area contributed by atoms with Gasteiger partial charge < -0.3 is 14.6 Å². The van der Waals surface area contributed by atoms with Crippen LogP contribution >= 0.6 is 22.9 Å². The topological polar surface area (TPSA) is 68.7 Å². The second kappa shape index (κ2) is 6.48. The maximum atomic E-state index is 10.5. The monoisotopic (exact) mass is 337 g/mol. The van der Waals surface area contributed by atoms with E-state index in [9.17, 15) is 4.79 Å². The molecule has 1 heterocycles. The minimum absolute atomic E-state index is 0.238. The van der Waals surface area contributed by atoms with Gasteiger partial charge in [-0.15, -0.1) is 0 Å². The fourth-order valence-electron chi connectivity index (χ4n) is 1.98. The Morgan fingerprint density at radius 1 is 1.50 bits per heavy atom. The van der Waals surface area contributed by atoms with Crippen molar-refractivity contribution in [3.8, 4) is 5.19 Å². The highest BCUT2D eigenvalue weighted by molar-refractivity contribution is 7.20. The summed E-state index contributed by atoms with van der Waals surface area (Å²) in [7, 11) is 0. The smallest absolute Gasteiger partial charge is 0.329 e. The number of benzene rings is 1. The van der Waals surface area contributed by atoms with Gasteiger partial charge in [-0.25, -0.2) is 9.78 Å². The number of carbonyl (C=O) groups is 1. The van der Waals surface area contributed by atoms with E-state index in [2.05, 4.69) is 4.98 Å². The van der Waals surface area contributed by atoms with Gasteiger partial charge in [0.05, 0.1) is 16.3 Å². The molecule has 1 N–H and O–H groups in total. The Morgan fingerprint density at radius 2 is 2.36 bits per heavy atom. The van der Waals surface area contributed by atoms with E-state index >= 15 is 0 Å². The number of carboxylic acid groups (broad SMARTS) is 1. The summed E-state index contributed by atoms with van der Waals surface area (Å²) in [5.74, 6) is -0.312. The number of fused-ring (bicyclic) bond motifs is 1. The van der Waals surface area contributed by atoms with Crippen molar-refractivity contribution < 1.29 is 19.4 Å². The van der Waals surface area contributed by atoms with Crippen molar-refractivity contribution in [2.45, 2.75) is 12.5 Å². The molecule has 5 nitrogen and oxygen atoms in total. The molecule has 114 valence electrons. The van der Waals surface area contributed by atoms with Crippen molar-refractivity contribution in [2.24, 2.45) is 0 Å². The summed E-state index contributed by atoms with van der Waals surface area (Å²) < 4.78 is 11.9. The second-order valence-electron chi connectivity index (χ2n) is 4.64. The Kier molecular flexibility index (Phi) is 4.42. The summed E-state index contributed by atoms with van der Waals surface area (Å²) in [6.45, 7) is -0.308. The third-order valence-electron chi connectivity index (χ3n) is 2.98. The first-order valence-electron chi connectivity index (χ1n) is 6.56. The summed E-state index contributed by atoms with van der Waals surface area (Å²) in [6, 6.07) is 5.49. The van der Waals surface area contributed by atoms with Gasteiger partial charge in [-0.1, -0.05) is 29.0 Å². The van der Waals surface area contributed by atoms with Gasteiger partial charge in [0.1, 0.15) is 12.4 Å². The third kappa shape index (κ3) is 3.65. The number of nitrogens with zero attached hydrogens (tertiary/aromatic N) is 1. The number of hydrogen-bond donors (Lipinski definition) is 1. The second-order valence-corrected chi connectivity index (χ2v) is 6.07. The number of rotatable bonds is 5. The van der Waals surface area contributed by atoms with Gasteiger partial charge in [0.25, 0.3) is 5.19 Å². The summed E-state index contributed by atoms with van der Waals surface area (Å²) in [5.41, 5.74) is 0.840. The number of thiazole rings is 1. The molecule has 3 rings (SSSR count). The van der Waals surface area contributed by atoms with Gasteiger partial charge in [0.15, 0.2) is 0 Å². The van der Waals surface area contributed by atoms with Gasteiger partial charge in [-0.2, -0.15) is 0 Å². The number of hydrogen-bond acceptors (Lipinski definition) is 5. The molecule has 0 fully saturated rings. The van der Waals surface area contributed by atoms with Crippen molar-refractivity contribution in [1.29, 1.82) is 0 Å². The predicted octanol–water partition coefficient (Wildman–Crippen LogP) is 3.64. The molecule has 1 aromatic heterocycles. The van der Waals surface area contributed by atoms with Crippen LogP contribution in [0.3, 0.4) is 0 Å². The minimum Gasteiger partial charge on any atom is -0.480 e. The molecule has 22 heavy (non-hydrogen) atoms. The number of allylic oxidation sites excluding steroid dienone is 1. The van der Waals surface area contributed by atoms with Crippen LogP contribution in [0.5, 0.6) is 5.19 Å². The van der Waals surface area contributed by atoms with Crippen LogP contribution in [0, 0.1) is 0 Å². The van der Waals surface area contributed by atoms with Crippen LogP contribution in [0.25, 0.3) is 10.2 Å². The molecule has 1 unspecified atom stereocenters. The van der Waals surface area contributed by atoms with Crippen LogP contribution in [-0.2, 0) is 9.53 Å². The Labute approximate surface area is 135 Å². The SMILES string of the molecule is O=C(O)COC1C=CC(Oc2nc3ccc(Cl)cc3s2)=CC1. The van der Waals surface area contributed by atoms with Crippen LogP contribution in [0.1, 0.15) is 6.42 Å². The standard InChI is InChI=1S/C15H12ClNO4S/c16-9-1-6-12-13(7-9)22-15(17-12)21-11-4-2-10(3-5-11)20-8-14(18)19/h1-2,4-7,10H,3,8H2,(H,18,19). The molecule has 0 radical (unpaired) electrons. The zero-order valence-corrected chi connectivity index (χ0v) is 12.9. The Hall–Kier alpha value is -1.89. The van der Waals surface area contributed by atoms with E-state index in [1.165, 1.54) is 11.3 Å². The van der Waals surface area contributed by atoms with Crippen molar-refractivity contribution >= 4 is 39.1 Å².